The third kappa shape index (κ3) is 2.02. The number of carbonyl (C=O) groups is 2. The summed E-state index contributed by atoms with van der Waals surface area (Å²) in [5, 5.41) is 9.09. The minimum Gasteiger partial charge on any atom is -0.481 e. The molecule has 1 aromatic rings. The van der Waals surface area contributed by atoms with E-state index in [4.69, 9.17) is 21.4 Å². The maximum absolute atomic E-state index is 11.4. The quantitative estimate of drug-likeness (QED) is 0.824. The van der Waals surface area contributed by atoms with Gasteiger partial charge in [0.05, 0.1) is 5.56 Å². The first-order valence-corrected chi connectivity index (χ1v) is 5.18. The summed E-state index contributed by atoms with van der Waals surface area (Å²) < 4.78 is 5.08. The second kappa shape index (κ2) is 4.14. The lowest BCUT2D eigenvalue weighted by Gasteiger charge is -2.08. The number of rotatable bonds is 3. The minimum absolute atomic E-state index is 0.0378. The van der Waals surface area contributed by atoms with Crippen molar-refractivity contribution in [2.45, 2.75) is 18.9 Å². The molecule has 2 rings (SSSR count). The number of ether oxygens (including phenoxy) is 1. The molecule has 0 spiro atoms. The Kier molecular flexibility index (Phi) is 2.83. The molecule has 0 saturated heterocycles. The Balaban J connectivity index is 2.24. The molecule has 1 aromatic carbocycles. The normalized spacial score (nSPS) is 18.1. The van der Waals surface area contributed by atoms with Crippen molar-refractivity contribution in [2.75, 3.05) is 0 Å². The van der Waals surface area contributed by atoms with Crippen molar-refractivity contribution in [1.29, 1.82) is 0 Å². The van der Waals surface area contributed by atoms with E-state index in [0.29, 0.717) is 16.1 Å². The molecule has 84 valence electrons. The molecule has 4 nitrogen and oxygen atoms in total. The van der Waals surface area contributed by atoms with Crippen molar-refractivity contribution >= 4 is 23.5 Å². The van der Waals surface area contributed by atoms with E-state index >= 15 is 0 Å². The number of aliphatic carboxylic acids is 1. The predicted octanol–water partition coefficient (Wildman–Crippen LogP) is 2.42. The average molecular weight is 241 g/mol. The van der Waals surface area contributed by atoms with E-state index in [1.807, 2.05) is 0 Å². The van der Waals surface area contributed by atoms with Crippen LogP contribution in [-0.4, -0.2) is 17.0 Å². The van der Waals surface area contributed by atoms with Gasteiger partial charge in [0, 0.05) is 17.0 Å². The minimum atomic E-state index is -0.911. The monoisotopic (exact) mass is 240 g/mol. The molecular formula is C11H9ClO4. The van der Waals surface area contributed by atoms with E-state index < -0.39 is 18.0 Å². The highest BCUT2D eigenvalue weighted by molar-refractivity contribution is 6.30. The van der Waals surface area contributed by atoms with Crippen LogP contribution in [0.4, 0.5) is 0 Å². The lowest BCUT2D eigenvalue weighted by Crippen LogP contribution is -2.03. The lowest BCUT2D eigenvalue weighted by atomic mass is 10.0. The van der Waals surface area contributed by atoms with Crippen molar-refractivity contribution < 1.29 is 19.4 Å². The molecule has 16 heavy (non-hydrogen) atoms. The number of cyclic esters (lactones) is 1. The second-order valence-corrected chi connectivity index (χ2v) is 3.99. The summed E-state index contributed by atoms with van der Waals surface area (Å²) >= 11 is 5.82. The fraction of sp³-hybridized carbons (Fsp3) is 0.273. The van der Waals surface area contributed by atoms with E-state index in [2.05, 4.69) is 0 Å². The number of benzene rings is 1. The molecule has 0 aliphatic carbocycles. The van der Waals surface area contributed by atoms with Crippen molar-refractivity contribution in [3.63, 3.8) is 0 Å². The van der Waals surface area contributed by atoms with E-state index in [1.54, 1.807) is 18.2 Å². The third-order valence-electron chi connectivity index (χ3n) is 2.45. The van der Waals surface area contributed by atoms with Gasteiger partial charge in [0.25, 0.3) is 0 Å². The highest BCUT2D eigenvalue weighted by Crippen LogP contribution is 2.35. The molecule has 0 saturated carbocycles. The molecule has 1 heterocycles. The summed E-state index contributed by atoms with van der Waals surface area (Å²) in [6.45, 7) is 0. The smallest absolute Gasteiger partial charge is 0.339 e. The van der Waals surface area contributed by atoms with Gasteiger partial charge in [-0.05, 0) is 24.6 Å². The molecule has 0 bridgehead atoms. The summed E-state index contributed by atoms with van der Waals surface area (Å²) in [4.78, 5) is 21.9. The standard InChI is InChI=1S/C11H9ClO4/c12-6-1-2-7-8(5-6)9(16-11(7)15)3-4-10(13)14/h1-2,5,9H,3-4H2,(H,13,14). The van der Waals surface area contributed by atoms with Crippen LogP contribution >= 0.6 is 11.6 Å². The molecule has 1 aliphatic rings. The van der Waals surface area contributed by atoms with Crippen LogP contribution in [0.15, 0.2) is 18.2 Å². The first-order valence-electron chi connectivity index (χ1n) is 4.80. The topological polar surface area (TPSA) is 63.6 Å². The van der Waals surface area contributed by atoms with Crippen molar-refractivity contribution in [3.05, 3.63) is 34.3 Å². The zero-order valence-electron chi connectivity index (χ0n) is 8.27. The van der Waals surface area contributed by atoms with Gasteiger partial charge in [-0.2, -0.15) is 0 Å². The Hall–Kier alpha value is -1.55. The van der Waals surface area contributed by atoms with Crippen molar-refractivity contribution in [3.8, 4) is 0 Å². The van der Waals surface area contributed by atoms with Gasteiger partial charge in [-0.25, -0.2) is 4.79 Å². The second-order valence-electron chi connectivity index (χ2n) is 3.56. The molecule has 1 N–H and O–H groups in total. The largest absolute Gasteiger partial charge is 0.481 e. The molecule has 1 atom stereocenters. The molecule has 1 unspecified atom stereocenters. The fourth-order valence-corrected chi connectivity index (χ4v) is 1.89. The molecule has 0 aromatic heterocycles. The van der Waals surface area contributed by atoms with Crippen LogP contribution < -0.4 is 0 Å². The third-order valence-corrected chi connectivity index (χ3v) is 2.69. The van der Waals surface area contributed by atoms with Crippen LogP contribution in [0.1, 0.15) is 34.9 Å². The number of carboxylic acids is 1. The fourth-order valence-electron chi connectivity index (χ4n) is 1.71. The van der Waals surface area contributed by atoms with Gasteiger partial charge in [0.2, 0.25) is 0 Å². The van der Waals surface area contributed by atoms with Crippen LogP contribution in [0.3, 0.4) is 0 Å². The van der Waals surface area contributed by atoms with Crippen molar-refractivity contribution in [2.24, 2.45) is 0 Å². The number of carbonyl (C=O) groups excluding carboxylic acids is 1. The van der Waals surface area contributed by atoms with Crippen LogP contribution in [0.2, 0.25) is 5.02 Å². The van der Waals surface area contributed by atoms with Gasteiger partial charge in [-0.15, -0.1) is 0 Å². The van der Waals surface area contributed by atoms with Gasteiger partial charge < -0.3 is 9.84 Å². The molecule has 1 aliphatic heterocycles. The van der Waals surface area contributed by atoms with Gasteiger partial charge in [-0.1, -0.05) is 11.6 Å². The highest BCUT2D eigenvalue weighted by Gasteiger charge is 2.31. The van der Waals surface area contributed by atoms with Gasteiger partial charge in [0.1, 0.15) is 6.10 Å². The van der Waals surface area contributed by atoms with Crippen LogP contribution in [0.25, 0.3) is 0 Å². The number of halogens is 1. The molecule has 0 fully saturated rings. The first kappa shape index (κ1) is 11.0. The van der Waals surface area contributed by atoms with Crippen LogP contribution in [0, 0.1) is 0 Å². The number of carboxylic acid groups (broad SMARTS) is 1. The van der Waals surface area contributed by atoms with Gasteiger partial charge in [0.15, 0.2) is 0 Å². The van der Waals surface area contributed by atoms with Crippen LogP contribution in [-0.2, 0) is 9.53 Å². The average Bonchev–Trinajstić information content (AvgIpc) is 2.52. The van der Waals surface area contributed by atoms with Crippen LogP contribution in [0.5, 0.6) is 0 Å². The number of hydrogen-bond donors (Lipinski definition) is 1. The number of esters is 1. The van der Waals surface area contributed by atoms with Crippen molar-refractivity contribution in [1.82, 2.24) is 0 Å². The summed E-state index contributed by atoms with van der Waals surface area (Å²) in [6, 6.07) is 4.86. The predicted molar refractivity (Wildman–Crippen MR) is 56.5 cm³/mol. The Morgan fingerprint density at radius 1 is 1.50 bits per heavy atom. The Bertz CT molecular complexity index is 455. The first-order chi connectivity index (χ1) is 7.58. The molecule has 0 radical (unpaired) electrons. The lowest BCUT2D eigenvalue weighted by molar-refractivity contribution is -0.137. The zero-order chi connectivity index (χ0) is 11.7. The molecular weight excluding hydrogens is 232 g/mol. The van der Waals surface area contributed by atoms with E-state index in [1.165, 1.54) is 0 Å². The summed E-state index contributed by atoms with van der Waals surface area (Å²) in [5.74, 6) is -1.33. The Labute approximate surface area is 96.8 Å². The van der Waals surface area contributed by atoms with E-state index in [0.717, 1.165) is 0 Å². The van der Waals surface area contributed by atoms with Gasteiger partial charge >= 0.3 is 11.9 Å². The number of fused-ring (bicyclic) bond motifs is 1. The Morgan fingerprint density at radius 2 is 2.25 bits per heavy atom. The maximum atomic E-state index is 11.4. The summed E-state index contributed by atoms with van der Waals surface area (Å²) in [7, 11) is 0. The summed E-state index contributed by atoms with van der Waals surface area (Å²) in [6.07, 6.45) is -0.254. The van der Waals surface area contributed by atoms with E-state index in [9.17, 15) is 9.59 Å². The molecule has 5 heteroatoms. The maximum Gasteiger partial charge on any atom is 0.339 e. The number of hydrogen-bond acceptors (Lipinski definition) is 3. The zero-order valence-corrected chi connectivity index (χ0v) is 9.03. The Morgan fingerprint density at radius 3 is 2.94 bits per heavy atom. The summed E-state index contributed by atoms with van der Waals surface area (Å²) in [5.41, 5.74) is 1.15. The highest BCUT2D eigenvalue weighted by atomic mass is 35.5. The SMILES string of the molecule is O=C(O)CCC1OC(=O)c2ccc(Cl)cc21. The van der Waals surface area contributed by atoms with Gasteiger partial charge in [-0.3, -0.25) is 4.79 Å². The molecule has 0 amide bonds. The van der Waals surface area contributed by atoms with E-state index in [-0.39, 0.29) is 12.8 Å².